The van der Waals surface area contributed by atoms with E-state index in [1.165, 1.54) is 0 Å². The first-order chi connectivity index (χ1) is 10.4. The van der Waals surface area contributed by atoms with E-state index in [1.807, 2.05) is 30.3 Å². The van der Waals surface area contributed by atoms with Crippen LogP contribution in [0.25, 0.3) is 10.9 Å². The smallest absolute Gasteiger partial charge is 0.144 e. The van der Waals surface area contributed by atoms with Crippen molar-refractivity contribution in [3.05, 3.63) is 35.9 Å². The van der Waals surface area contributed by atoms with E-state index in [-0.39, 0.29) is 0 Å². The Balaban J connectivity index is 1.69. The number of aromatic nitrogens is 1. The van der Waals surface area contributed by atoms with E-state index in [1.54, 1.807) is 0 Å². The molecular formula is C16H19N5. The molecule has 1 aromatic heterocycles. The van der Waals surface area contributed by atoms with Crippen LogP contribution in [0.3, 0.4) is 0 Å². The number of benzene rings is 1. The van der Waals surface area contributed by atoms with Gasteiger partial charge in [0.2, 0.25) is 0 Å². The normalized spacial score (nSPS) is 15.8. The molecule has 3 rings (SSSR count). The zero-order valence-electron chi connectivity index (χ0n) is 12.0. The molecule has 5 heteroatoms. The van der Waals surface area contributed by atoms with E-state index in [4.69, 9.17) is 0 Å². The Hall–Kier alpha value is -2.16. The summed E-state index contributed by atoms with van der Waals surface area (Å²) in [5.41, 5.74) is 1.52. The van der Waals surface area contributed by atoms with Gasteiger partial charge in [0, 0.05) is 44.7 Å². The lowest BCUT2D eigenvalue weighted by Gasteiger charge is -2.27. The number of para-hydroxylation sites is 1. The third-order valence-electron chi connectivity index (χ3n) is 3.77. The molecule has 1 saturated heterocycles. The molecule has 1 aromatic carbocycles. The highest BCUT2D eigenvalue weighted by Gasteiger charge is 2.10. The van der Waals surface area contributed by atoms with E-state index in [0.717, 1.165) is 50.2 Å². The monoisotopic (exact) mass is 281 g/mol. The molecule has 0 unspecified atom stereocenters. The average Bonchev–Trinajstić information content (AvgIpc) is 2.55. The molecule has 0 saturated carbocycles. The van der Waals surface area contributed by atoms with Crippen LogP contribution in [0, 0.1) is 11.3 Å². The molecule has 2 heterocycles. The summed E-state index contributed by atoms with van der Waals surface area (Å²) < 4.78 is 0. The number of hydrogen-bond donors (Lipinski definition) is 2. The molecular weight excluding hydrogens is 262 g/mol. The van der Waals surface area contributed by atoms with Crippen LogP contribution in [0.4, 0.5) is 5.82 Å². The molecule has 108 valence electrons. The zero-order valence-corrected chi connectivity index (χ0v) is 12.0. The van der Waals surface area contributed by atoms with Crippen molar-refractivity contribution in [2.45, 2.75) is 0 Å². The molecule has 1 fully saturated rings. The van der Waals surface area contributed by atoms with Crippen LogP contribution in [0.2, 0.25) is 0 Å². The predicted octanol–water partition coefficient (Wildman–Crippen LogP) is 1.42. The summed E-state index contributed by atoms with van der Waals surface area (Å²) in [6.07, 6.45) is 0. The molecule has 2 N–H and O–H groups in total. The molecule has 0 radical (unpaired) electrons. The summed E-state index contributed by atoms with van der Waals surface area (Å²) >= 11 is 0. The second-order valence-corrected chi connectivity index (χ2v) is 5.21. The summed E-state index contributed by atoms with van der Waals surface area (Å²) in [6.45, 7) is 6.05. The topological polar surface area (TPSA) is 64.0 Å². The zero-order chi connectivity index (χ0) is 14.5. The number of nitriles is 1. The van der Waals surface area contributed by atoms with E-state index in [0.29, 0.717) is 11.4 Å². The van der Waals surface area contributed by atoms with Gasteiger partial charge in [0.15, 0.2) is 0 Å². The van der Waals surface area contributed by atoms with Gasteiger partial charge in [-0.1, -0.05) is 18.2 Å². The van der Waals surface area contributed by atoms with Crippen LogP contribution in [0.15, 0.2) is 30.3 Å². The number of nitrogens with one attached hydrogen (secondary N) is 2. The average molecular weight is 281 g/mol. The SMILES string of the molecule is N#Cc1cc2ccccc2nc1NCCN1CCNCC1. The Bertz CT molecular complexity index is 655. The maximum absolute atomic E-state index is 9.28. The van der Waals surface area contributed by atoms with Gasteiger partial charge in [-0.3, -0.25) is 4.90 Å². The van der Waals surface area contributed by atoms with E-state index in [9.17, 15) is 5.26 Å². The lowest BCUT2D eigenvalue weighted by Crippen LogP contribution is -2.45. The highest BCUT2D eigenvalue weighted by molar-refractivity contribution is 5.82. The summed E-state index contributed by atoms with van der Waals surface area (Å²) in [4.78, 5) is 6.98. The van der Waals surface area contributed by atoms with Crippen molar-refractivity contribution in [1.29, 1.82) is 5.26 Å². The highest BCUT2D eigenvalue weighted by atomic mass is 15.2. The Kier molecular flexibility index (Phi) is 4.29. The summed E-state index contributed by atoms with van der Waals surface area (Å²) in [5, 5.41) is 16.9. The van der Waals surface area contributed by atoms with Gasteiger partial charge in [-0.2, -0.15) is 5.26 Å². The second-order valence-electron chi connectivity index (χ2n) is 5.21. The molecule has 1 aliphatic heterocycles. The van der Waals surface area contributed by atoms with Crippen molar-refractivity contribution >= 4 is 16.7 Å². The van der Waals surface area contributed by atoms with Gasteiger partial charge >= 0.3 is 0 Å². The fraction of sp³-hybridized carbons (Fsp3) is 0.375. The lowest BCUT2D eigenvalue weighted by atomic mass is 10.1. The Labute approximate surface area is 124 Å². The first-order valence-corrected chi connectivity index (χ1v) is 7.33. The fourth-order valence-corrected chi connectivity index (χ4v) is 2.60. The van der Waals surface area contributed by atoms with Gasteiger partial charge in [0.25, 0.3) is 0 Å². The third-order valence-corrected chi connectivity index (χ3v) is 3.77. The number of anilines is 1. The second kappa shape index (κ2) is 6.53. The lowest BCUT2D eigenvalue weighted by molar-refractivity contribution is 0.249. The van der Waals surface area contributed by atoms with Gasteiger partial charge in [0.05, 0.1) is 11.1 Å². The molecule has 0 atom stereocenters. The Morgan fingerprint density at radius 2 is 2.10 bits per heavy atom. The summed E-state index contributed by atoms with van der Waals surface area (Å²) in [5.74, 6) is 0.686. The number of pyridine rings is 1. The molecule has 1 aliphatic rings. The third kappa shape index (κ3) is 3.30. The minimum absolute atomic E-state index is 0.606. The summed E-state index contributed by atoms with van der Waals surface area (Å²) in [7, 11) is 0. The van der Waals surface area contributed by atoms with Crippen LogP contribution >= 0.6 is 0 Å². The molecule has 2 aromatic rings. The first-order valence-electron chi connectivity index (χ1n) is 7.33. The van der Waals surface area contributed by atoms with Crippen molar-refractivity contribution in [2.24, 2.45) is 0 Å². The number of nitrogens with zero attached hydrogens (tertiary/aromatic N) is 3. The minimum Gasteiger partial charge on any atom is -0.368 e. The molecule has 0 bridgehead atoms. The standard InChI is InChI=1S/C16H19N5/c17-12-14-11-13-3-1-2-4-15(13)20-16(14)19-7-10-21-8-5-18-6-9-21/h1-4,11,18H,5-10H2,(H,19,20). The van der Waals surface area contributed by atoms with Gasteiger partial charge in [-0.05, 0) is 12.1 Å². The van der Waals surface area contributed by atoms with Crippen molar-refractivity contribution < 1.29 is 0 Å². The largest absolute Gasteiger partial charge is 0.368 e. The van der Waals surface area contributed by atoms with Crippen molar-refractivity contribution in [3.8, 4) is 6.07 Å². The van der Waals surface area contributed by atoms with Crippen LogP contribution < -0.4 is 10.6 Å². The quantitative estimate of drug-likeness (QED) is 0.887. The number of rotatable bonds is 4. The number of hydrogen-bond acceptors (Lipinski definition) is 5. The number of fused-ring (bicyclic) bond motifs is 1. The van der Waals surface area contributed by atoms with Gasteiger partial charge < -0.3 is 10.6 Å². The molecule has 5 nitrogen and oxygen atoms in total. The van der Waals surface area contributed by atoms with Crippen LogP contribution in [-0.4, -0.2) is 49.2 Å². The maximum atomic E-state index is 9.28. The molecule has 0 amide bonds. The highest BCUT2D eigenvalue weighted by Crippen LogP contribution is 2.19. The first kappa shape index (κ1) is 13.8. The van der Waals surface area contributed by atoms with Crippen molar-refractivity contribution in [2.75, 3.05) is 44.6 Å². The predicted molar refractivity (Wildman–Crippen MR) is 84.3 cm³/mol. The molecule has 0 spiro atoms. The Morgan fingerprint density at radius 3 is 2.90 bits per heavy atom. The Morgan fingerprint density at radius 1 is 1.29 bits per heavy atom. The minimum atomic E-state index is 0.606. The van der Waals surface area contributed by atoms with Crippen LogP contribution in [-0.2, 0) is 0 Å². The van der Waals surface area contributed by atoms with E-state index in [2.05, 4.69) is 26.6 Å². The van der Waals surface area contributed by atoms with Crippen molar-refractivity contribution in [3.63, 3.8) is 0 Å². The van der Waals surface area contributed by atoms with E-state index >= 15 is 0 Å². The molecule has 21 heavy (non-hydrogen) atoms. The van der Waals surface area contributed by atoms with Crippen LogP contribution in [0.1, 0.15) is 5.56 Å². The van der Waals surface area contributed by atoms with Gasteiger partial charge in [-0.25, -0.2) is 4.98 Å². The van der Waals surface area contributed by atoms with Crippen molar-refractivity contribution in [1.82, 2.24) is 15.2 Å². The van der Waals surface area contributed by atoms with Crippen LogP contribution in [0.5, 0.6) is 0 Å². The van der Waals surface area contributed by atoms with E-state index < -0.39 is 0 Å². The number of piperazine rings is 1. The fourth-order valence-electron chi connectivity index (χ4n) is 2.60. The van der Waals surface area contributed by atoms with Gasteiger partial charge in [0.1, 0.15) is 11.9 Å². The van der Waals surface area contributed by atoms with Gasteiger partial charge in [-0.15, -0.1) is 0 Å². The molecule has 0 aliphatic carbocycles. The summed E-state index contributed by atoms with van der Waals surface area (Å²) in [6, 6.07) is 12.0. The maximum Gasteiger partial charge on any atom is 0.144 e.